The van der Waals surface area contributed by atoms with Gasteiger partial charge in [0, 0.05) is 18.8 Å². The fourth-order valence-corrected chi connectivity index (χ4v) is 4.26. The number of hydrogen-bond donors (Lipinski definition) is 3. The van der Waals surface area contributed by atoms with Crippen LogP contribution in [-0.2, 0) is 9.84 Å². The molecule has 1 aliphatic carbocycles. The third kappa shape index (κ3) is 3.01. The molecule has 0 unspecified atom stereocenters. The number of rotatable bonds is 5. The average molecular weight is 303 g/mol. The van der Waals surface area contributed by atoms with Crippen LogP contribution in [0, 0.1) is 0 Å². The Balaban J connectivity index is 2.42. The van der Waals surface area contributed by atoms with Gasteiger partial charge in [-0.05, 0) is 19.8 Å². The third-order valence-electron chi connectivity index (χ3n) is 2.73. The van der Waals surface area contributed by atoms with Crippen LogP contribution in [0.3, 0.4) is 0 Å². The molecule has 2 rings (SSSR count). The molecule has 106 valence electrons. The van der Waals surface area contributed by atoms with Crippen molar-refractivity contribution in [2.24, 2.45) is 0 Å². The Hall–Kier alpha value is -1.28. The monoisotopic (exact) mass is 303 g/mol. The summed E-state index contributed by atoms with van der Waals surface area (Å²) < 4.78 is 23.5. The van der Waals surface area contributed by atoms with Gasteiger partial charge < -0.3 is 16.4 Å². The predicted octanol–water partition coefficient (Wildman–Crippen LogP) is 1.06. The lowest BCUT2D eigenvalue weighted by atomic mass is 10.3. The third-order valence-corrected chi connectivity index (χ3v) is 5.18. The predicted molar refractivity (Wildman–Crippen MR) is 76.5 cm³/mol. The van der Waals surface area contributed by atoms with E-state index in [4.69, 9.17) is 5.73 Å². The second-order valence-electron chi connectivity index (χ2n) is 4.55. The lowest BCUT2D eigenvalue weighted by Gasteiger charge is -2.03. The number of sulfone groups is 1. The Morgan fingerprint density at radius 2 is 2.11 bits per heavy atom. The molecule has 6 nitrogen and oxygen atoms in total. The van der Waals surface area contributed by atoms with E-state index < -0.39 is 9.84 Å². The molecule has 1 aromatic heterocycles. The first-order valence-corrected chi connectivity index (χ1v) is 8.72. The molecule has 0 aliphatic heterocycles. The van der Waals surface area contributed by atoms with Gasteiger partial charge in [0.1, 0.15) is 14.8 Å². The van der Waals surface area contributed by atoms with Crippen molar-refractivity contribution in [2.45, 2.75) is 30.7 Å². The molecule has 19 heavy (non-hydrogen) atoms. The molecule has 0 atom stereocenters. The van der Waals surface area contributed by atoms with Crippen molar-refractivity contribution in [3.05, 3.63) is 4.88 Å². The highest BCUT2D eigenvalue weighted by molar-refractivity contribution is 7.91. The summed E-state index contributed by atoms with van der Waals surface area (Å²) in [6.45, 7) is 2.41. The van der Waals surface area contributed by atoms with Gasteiger partial charge in [-0.2, -0.15) is 0 Å². The van der Waals surface area contributed by atoms with Crippen molar-refractivity contribution in [3.8, 4) is 0 Å². The summed E-state index contributed by atoms with van der Waals surface area (Å²) in [7, 11) is -3.47. The average Bonchev–Trinajstić information content (AvgIpc) is 3.01. The van der Waals surface area contributed by atoms with E-state index in [9.17, 15) is 13.2 Å². The van der Waals surface area contributed by atoms with Crippen LogP contribution in [0.5, 0.6) is 0 Å². The van der Waals surface area contributed by atoms with Gasteiger partial charge in [-0.25, -0.2) is 8.42 Å². The summed E-state index contributed by atoms with van der Waals surface area (Å²) in [5, 5.41) is 6.19. The first-order chi connectivity index (χ1) is 8.84. The van der Waals surface area contributed by atoms with Gasteiger partial charge in [-0.3, -0.25) is 4.79 Å². The van der Waals surface area contributed by atoms with Crippen LogP contribution < -0.4 is 16.4 Å². The molecule has 1 aliphatic rings. The Morgan fingerprint density at radius 3 is 2.58 bits per heavy atom. The molecule has 4 N–H and O–H groups in total. The van der Waals surface area contributed by atoms with E-state index >= 15 is 0 Å². The molecule has 0 bridgehead atoms. The van der Waals surface area contributed by atoms with Gasteiger partial charge in [-0.1, -0.05) is 0 Å². The molecular weight excluding hydrogens is 286 g/mol. The molecular formula is C11H17N3O3S2. The van der Waals surface area contributed by atoms with Crippen molar-refractivity contribution < 1.29 is 13.2 Å². The quantitative estimate of drug-likeness (QED) is 0.755. The number of carbonyl (C=O) groups excluding carboxylic acids is 1. The molecule has 1 aromatic rings. The normalized spacial score (nSPS) is 15.3. The maximum absolute atomic E-state index is 12.0. The SMILES string of the molecule is CCNc1sc(C(=O)NC2CC2)c(N)c1S(C)(=O)=O. The van der Waals surface area contributed by atoms with E-state index in [1.54, 1.807) is 0 Å². The molecule has 0 spiro atoms. The summed E-state index contributed by atoms with van der Waals surface area (Å²) in [5.74, 6) is -0.293. The van der Waals surface area contributed by atoms with Crippen LogP contribution >= 0.6 is 11.3 Å². The zero-order chi connectivity index (χ0) is 14.2. The van der Waals surface area contributed by atoms with Crippen molar-refractivity contribution in [1.29, 1.82) is 0 Å². The Labute approximate surface area is 116 Å². The minimum absolute atomic E-state index is 0.0281. The van der Waals surface area contributed by atoms with Crippen LogP contribution in [0.15, 0.2) is 4.90 Å². The van der Waals surface area contributed by atoms with Gasteiger partial charge in [0.15, 0.2) is 9.84 Å². The highest BCUT2D eigenvalue weighted by Crippen LogP contribution is 2.39. The maximum atomic E-state index is 12.0. The second-order valence-corrected chi connectivity index (χ2v) is 7.53. The standard InChI is InChI=1S/C11H17N3O3S2/c1-3-13-11-9(19(2,16)17)7(12)8(18-11)10(15)14-6-4-5-6/h6,13H,3-5,12H2,1-2H3,(H,14,15). The van der Waals surface area contributed by atoms with Crippen LogP contribution in [0.1, 0.15) is 29.4 Å². The van der Waals surface area contributed by atoms with Crippen LogP contribution in [-0.4, -0.2) is 33.2 Å². The molecule has 0 radical (unpaired) electrons. The second kappa shape index (κ2) is 5.01. The van der Waals surface area contributed by atoms with Crippen molar-refractivity contribution in [1.82, 2.24) is 5.32 Å². The number of thiophene rings is 1. The Morgan fingerprint density at radius 1 is 1.47 bits per heavy atom. The smallest absolute Gasteiger partial charge is 0.263 e. The maximum Gasteiger partial charge on any atom is 0.263 e. The summed E-state index contributed by atoms with van der Waals surface area (Å²) >= 11 is 1.09. The van der Waals surface area contributed by atoms with E-state index in [1.165, 1.54) is 0 Å². The van der Waals surface area contributed by atoms with E-state index in [0.717, 1.165) is 30.4 Å². The highest BCUT2D eigenvalue weighted by Gasteiger charge is 2.30. The number of nitrogens with one attached hydrogen (secondary N) is 2. The minimum atomic E-state index is -3.47. The fourth-order valence-electron chi connectivity index (χ4n) is 1.72. The van der Waals surface area contributed by atoms with Crippen LogP contribution in [0.4, 0.5) is 10.7 Å². The van der Waals surface area contributed by atoms with Crippen molar-refractivity contribution in [2.75, 3.05) is 23.9 Å². The van der Waals surface area contributed by atoms with Gasteiger partial charge >= 0.3 is 0 Å². The van der Waals surface area contributed by atoms with Crippen LogP contribution in [0.25, 0.3) is 0 Å². The Kier molecular flexibility index (Phi) is 3.73. The highest BCUT2D eigenvalue weighted by atomic mass is 32.2. The lowest BCUT2D eigenvalue weighted by molar-refractivity contribution is 0.0956. The Bertz CT molecular complexity index is 603. The molecule has 1 heterocycles. The van der Waals surface area contributed by atoms with Crippen LogP contribution in [0.2, 0.25) is 0 Å². The number of nitrogens with two attached hydrogens (primary N) is 1. The largest absolute Gasteiger partial charge is 0.396 e. The fraction of sp³-hybridized carbons (Fsp3) is 0.545. The van der Waals surface area contributed by atoms with Gasteiger partial charge in [0.2, 0.25) is 0 Å². The van der Waals surface area contributed by atoms with E-state index in [-0.39, 0.29) is 27.4 Å². The molecule has 0 aromatic carbocycles. The van der Waals surface area contributed by atoms with Crippen molar-refractivity contribution in [3.63, 3.8) is 0 Å². The minimum Gasteiger partial charge on any atom is -0.396 e. The number of carbonyl (C=O) groups is 1. The van der Waals surface area contributed by atoms with E-state index in [2.05, 4.69) is 10.6 Å². The molecule has 1 fully saturated rings. The molecule has 1 amide bonds. The number of hydrogen-bond acceptors (Lipinski definition) is 6. The molecule has 8 heteroatoms. The van der Waals surface area contributed by atoms with E-state index in [1.807, 2.05) is 6.92 Å². The summed E-state index contributed by atoms with van der Waals surface area (Å²) in [6, 6.07) is 0.207. The summed E-state index contributed by atoms with van der Waals surface area (Å²) in [4.78, 5) is 12.3. The zero-order valence-electron chi connectivity index (χ0n) is 10.8. The first-order valence-electron chi connectivity index (χ1n) is 6.01. The first kappa shape index (κ1) is 14.1. The van der Waals surface area contributed by atoms with Gasteiger partial charge in [0.05, 0.1) is 5.69 Å². The topological polar surface area (TPSA) is 101 Å². The van der Waals surface area contributed by atoms with Crippen molar-refractivity contribution >= 4 is 37.8 Å². The molecule has 1 saturated carbocycles. The lowest BCUT2D eigenvalue weighted by Crippen LogP contribution is -2.25. The zero-order valence-corrected chi connectivity index (χ0v) is 12.5. The number of nitrogen functional groups attached to an aromatic ring is 1. The van der Waals surface area contributed by atoms with E-state index in [0.29, 0.717) is 11.5 Å². The van der Waals surface area contributed by atoms with Gasteiger partial charge in [0.25, 0.3) is 5.91 Å². The summed E-state index contributed by atoms with van der Waals surface area (Å²) in [5.41, 5.74) is 5.89. The summed E-state index contributed by atoms with van der Waals surface area (Å²) in [6.07, 6.45) is 3.03. The number of amides is 1. The molecule has 0 saturated heterocycles. The van der Waals surface area contributed by atoms with Gasteiger partial charge in [-0.15, -0.1) is 11.3 Å². The number of anilines is 2.